The molecule has 4 heteroatoms. The lowest BCUT2D eigenvalue weighted by atomic mass is 10.2. The van der Waals surface area contributed by atoms with Crippen molar-refractivity contribution in [1.82, 2.24) is 5.32 Å². The predicted molar refractivity (Wildman–Crippen MR) is 68.0 cm³/mol. The number of halogens is 1. The normalized spacial score (nSPS) is 12.4. The summed E-state index contributed by atoms with van der Waals surface area (Å²) in [4.78, 5) is 12.1. The fourth-order valence-electron chi connectivity index (χ4n) is 1.53. The molecule has 0 spiro atoms. The van der Waals surface area contributed by atoms with Crippen LogP contribution in [0.4, 0.5) is 0 Å². The molecule has 0 saturated heterocycles. The molecule has 0 bridgehead atoms. The van der Waals surface area contributed by atoms with E-state index >= 15 is 0 Å². The zero-order valence-electron chi connectivity index (χ0n) is 9.75. The van der Waals surface area contributed by atoms with Crippen LogP contribution in [-0.4, -0.2) is 17.3 Å². The average Bonchev–Trinajstić information content (AvgIpc) is 2.74. The van der Waals surface area contributed by atoms with Gasteiger partial charge in [-0.2, -0.15) is 0 Å². The molecule has 1 aromatic rings. The molecule has 1 atom stereocenters. The minimum Gasteiger partial charge on any atom is -0.469 e. The van der Waals surface area contributed by atoms with E-state index in [1.807, 2.05) is 6.92 Å². The molecule has 0 aliphatic rings. The van der Waals surface area contributed by atoms with Crippen LogP contribution in [0.15, 0.2) is 16.7 Å². The van der Waals surface area contributed by atoms with Gasteiger partial charge < -0.3 is 9.73 Å². The van der Waals surface area contributed by atoms with Crippen molar-refractivity contribution in [2.24, 2.45) is 0 Å². The Balaban J connectivity index is 2.46. The number of nitrogens with one attached hydrogen (secondary N) is 1. The summed E-state index contributed by atoms with van der Waals surface area (Å²) in [5.41, 5.74) is 0.652. The lowest BCUT2D eigenvalue weighted by molar-refractivity contribution is 0.0951. The molecular formula is C12H18BrNO2. The van der Waals surface area contributed by atoms with Gasteiger partial charge in [0.05, 0.1) is 11.8 Å². The number of amides is 1. The quantitative estimate of drug-likeness (QED) is 0.817. The van der Waals surface area contributed by atoms with Gasteiger partial charge in [-0.1, -0.05) is 36.2 Å². The van der Waals surface area contributed by atoms with Crippen molar-refractivity contribution in [2.45, 2.75) is 37.9 Å². The Kier molecular flexibility index (Phi) is 5.60. The van der Waals surface area contributed by atoms with Crippen LogP contribution in [0.1, 0.15) is 42.8 Å². The van der Waals surface area contributed by atoms with Crippen molar-refractivity contribution in [2.75, 3.05) is 6.54 Å². The number of carbonyl (C=O) groups is 1. The van der Waals surface area contributed by atoms with Crippen molar-refractivity contribution in [3.05, 3.63) is 23.7 Å². The van der Waals surface area contributed by atoms with Crippen LogP contribution in [0.2, 0.25) is 0 Å². The first-order valence-electron chi connectivity index (χ1n) is 5.67. The summed E-state index contributed by atoms with van der Waals surface area (Å²) < 4.78 is 5.22. The Hall–Kier alpha value is -0.770. The Morgan fingerprint density at radius 1 is 1.56 bits per heavy atom. The highest BCUT2D eigenvalue weighted by molar-refractivity contribution is 9.09. The highest BCUT2D eigenvalue weighted by Gasteiger charge is 2.13. The van der Waals surface area contributed by atoms with E-state index in [-0.39, 0.29) is 5.91 Å². The summed E-state index contributed by atoms with van der Waals surface area (Å²) in [6.45, 7) is 4.75. The molecule has 90 valence electrons. The summed E-state index contributed by atoms with van der Waals surface area (Å²) in [5, 5.41) is 2.90. The summed E-state index contributed by atoms with van der Waals surface area (Å²) >= 11 is 3.53. The molecule has 3 nitrogen and oxygen atoms in total. The topological polar surface area (TPSA) is 42.2 Å². The van der Waals surface area contributed by atoms with Gasteiger partial charge in [-0.05, 0) is 12.5 Å². The first kappa shape index (κ1) is 13.3. The average molecular weight is 288 g/mol. The Morgan fingerprint density at radius 3 is 2.94 bits per heavy atom. The maximum atomic E-state index is 11.8. The number of aryl methyl sites for hydroxylation is 1. The van der Waals surface area contributed by atoms with Crippen molar-refractivity contribution in [1.29, 1.82) is 0 Å². The Morgan fingerprint density at radius 2 is 2.31 bits per heavy atom. The lowest BCUT2D eigenvalue weighted by Gasteiger charge is -2.09. The largest absolute Gasteiger partial charge is 0.469 e. The lowest BCUT2D eigenvalue weighted by Crippen LogP contribution is -2.29. The molecule has 1 N–H and O–H groups in total. The molecule has 0 saturated carbocycles. The fraction of sp³-hybridized carbons (Fsp3) is 0.583. The van der Waals surface area contributed by atoms with Crippen LogP contribution in [0, 0.1) is 0 Å². The van der Waals surface area contributed by atoms with Crippen molar-refractivity contribution in [3.63, 3.8) is 0 Å². The third-order valence-corrected chi connectivity index (χ3v) is 3.18. The number of furan rings is 1. The maximum Gasteiger partial charge on any atom is 0.254 e. The predicted octanol–water partition coefficient (Wildman–Crippen LogP) is 3.14. The zero-order valence-corrected chi connectivity index (χ0v) is 11.3. The smallest absolute Gasteiger partial charge is 0.254 e. The standard InChI is InChI=1S/C12H18BrNO2/c1-3-5-9(13)8-14-12(15)10-6-7-16-11(10)4-2/h6-7,9H,3-5,8H2,1-2H3,(H,14,15). The highest BCUT2D eigenvalue weighted by Crippen LogP contribution is 2.11. The molecule has 0 radical (unpaired) electrons. The first-order chi connectivity index (χ1) is 7.69. The monoisotopic (exact) mass is 287 g/mol. The molecular weight excluding hydrogens is 270 g/mol. The molecule has 1 aromatic heterocycles. The second-order valence-electron chi connectivity index (χ2n) is 3.71. The number of hydrogen-bond acceptors (Lipinski definition) is 2. The van der Waals surface area contributed by atoms with Crippen LogP contribution >= 0.6 is 15.9 Å². The molecule has 0 aliphatic heterocycles. The molecule has 0 aromatic carbocycles. The van der Waals surface area contributed by atoms with Crippen LogP contribution in [-0.2, 0) is 6.42 Å². The molecule has 0 fully saturated rings. The van der Waals surface area contributed by atoms with Crippen LogP contribution < -0.4 is 5.32 Å². The van der Waals surface area contributed by atoms with Crippen LogP contribution in [0.25, 0.3) is 0 Å². The van der Waals surface area contributed by atoms with E-state index in [0.717, 1.165) is 25.0 Å². The Bertz CT molecular complexity index is 336. The van der Waals surface area contributed by atoms with Gasteiger partial charge in [0, 0.05) is 17.8 Å². The highest BCUT2D eigenvalue weighted by atomic mass is 79.9. The number of rotatable bonds is 6. The Labute approximate surface area is 105 Å². The van der Waals surface area contributed by atoms with Gasteiger partial charge in [-0.25, -0.2) is 0 Å². The van der Waals surface area contributed by atoms with E-state index in [1.54, 1.807) is 12.3 Å². The molecule has 1 heterocycles. The van der Waals surface area contributed by atoms with Crippen molar-refractivity contribution in [3.8, 4) is 0 Å². The summed E-state index contributed by atoms with van der Waals surface area (Å²) in [5.74, 6) is 0.699. The number of hydrogen-bond donors (Lipinski definition) is 1. The van der Waals surface area contributed by atoms with Crippen molar-refractivity contribution < 1.29 is 9.21 Å². The van der Waals surface area contributed by atoms with E-state index in [4.69, 9.17) is 4.42 Å². The summed E-state index contributed by atoms with van der Waals surface area (Å²) in [6, 6.07) is 1.72. The van der Waals surface area contributed by atoms with Gasteiger partial charge in [0.1, 0.15) is 5.76 Å². The third kappa shape index (κ3) is 3.67. The molecule has 1 rings (SSSR count). The minimum atomic E-state index is -0.0499. The van der Waals surface area contributed by atoms with E-state index in [2.05, 4.69) is 28.2 Å². The van der Waals surface area contributed by atoms with E-state index in [9.17, 15) is 4.79 Å². The molecule has 0 aliphatic carbocycles. The summed E-state index contributed by atoms with van der Waals surface area (Å²) in [7, 11) is 0. The van der Waals surface area contributed by atoms with E-state index in [0.29, 0.717) is 16.9 Å². The van der Waals surface area contributed by atoms with Crippen molar-refractivity contribution >= 4 is 21.8 Å². The molecule has 16 heavy (non-hydrogen) atoms. The number of carbonyl (C=O) groups excluding carboxylic acids is 1. The molecule has 1 amide bonds. The second kappa shape index (κ2) is 6.74. The SMILES string of the molecule is CCCC(Br)CNC(=O)c1ccoc1CC. The zero-order chi connectivity index (χ0) is 12.0. The summed E-state index contributed by atoms with van der Waals surface area (Å²) in [6.07, 6.45) is 4.47. The van der Waals surface area contributed by atoms with Gasteiger partial charge in [-0.15, -0.1) is 0 Å². The van der Waals surface area contributed by atoms with E-state index < -0.39 is 0 Å². The van der Waals surface area contributed by atoms with E-state index in [1.165, 1.54) is 0 Å². The van der Waals surface area contributed by atoms with Gasteiger partial charge in [0.15, 0.2) is 0 Å². The second-order valence-corrected chi connectivity index (χ2v) is 5.00. The van der Waals surface area contributed by atoms with Gasteiger partial charge in [0.25, 0.3) is 5.91 Å². The minimum absolute atomic E-state index is 0.0499. The third-order valence-electron chi connectivity index (χ3n) is 2.40. The van der Waals surface area contributed by atoms with Crippen LogP contribution in [0.3, 0.4) is 0 Å². The number of alkyl halides is 1. The first-order valence-corrected chi connectivity index (χ1v) is 6.59. The maximum absolute atomic E-state index is 11.8. The van der Waals surface area contributed by atoms with Gasteiger partial charge >= 0.3 is 0 Å². The van der Waals surface area contributed by atoms with Crippen LogP contribution in [0.5, 0.6) is 0 Å². The van der Waals surface area contributed by atoms with Gasteiger partial charge in [0.2, 0.25) is 0 Å². The van der Waals surface area contributed by atoms with Gasteiger partial charge in [-0.3, -0.25) is 4.79 Å². The fourth-order valence-corrected chi connectivity index (χ4v) is 2.15. The molecule has 1 unspecified atom stereocenters.